The van der Waals surface area contributed by atoms with Crippen LogP contribution in [-0.4, -0.2) is 23.2 Å². The van der Waals surface area contributed by atoms with Gasteiger partial charge < -0.3 is 9.72 Å². The van der Waals surface area contributed by atoms with Gasteiger partial charge in [-0.05, 0) is 23.3 Å². The van der Waals surface area contributed by atoms with Crippen LogP contribution >= 0.6 is 0 Å². The van der Waals surface area contributed by atoms with E-state index in [0.717, 1.165) is 16.6 Å². The minimum Gasteiger partial charge on any atom is -0.453 e. The summed E-state index contributed by atoms with van der Waals surface area (Å²) in [7, 11) is 1.29. The van der Waals surface area contributed by atoms with Crippen LogP contribution in [0.4, 0.5) is 10.7 Å². The van der Waals surface area contributed by atoms with E-state index < -0.39 is 6.09 Å². The van der Waals surface area contributed by atoms with E-state index in [0.29, 0.717) is 11.5 Å². The monoisotopic (exact) mass is 306 g/mol. The molecule has 1 atom stereocenters. The molecule has 0 fully saturated rings. The Kier molecular flexibility index (Phi) is 3.93. The minimum absolute atomic E-state index is 0.303. The summed E-state index contributed by atoms with van der Waals surface area (Å²) in [4.78, 5) is 18.5. The first-order valence-electron chi connectivity index (χ1n) is 7.00. The Bertz CT molecular complexity index is 880. The lowest BCUT2D eigenvalue weighted by molar-refractivity contribution is 0.186. The fraction of sp³-hybridized carbons (Fsp3) is 0.118. The van der Waals surface area contributed by atoms with Crippen LogP contribution in [0.3, 0.4) is 0 Å². The largest absolute Gasteiger partial charge is 0.453 e. The fourth-order valence-corrected chi connectivity index (χ4v) is 2.40. The number of nitrogens with one attached hydrogen (secondary N) is 2. The average Bonchev–Trinajstić information content (AvgIpc) is 2.98. The summed E-state index contributed by atoms with van der Waals surface area (Å²) in [6, 6.07) is 17.5. The van der Waals surface area contributed by atoms with Crippen LogP contribution in [0.5, 0.6) is 0 Å². The number of fused-ring (bicyclic) bond motifs is 1. The number of rotatable bonds is 3. The molecule has 0 spiro atoms. The Morgan fingerprint density at radius 1 is 1.26 bits per heavy atom. The molecule has 1 unspecified atom stereocenters. The number of carbonyl (C=O) groups is 1. The van der Waals surface area contributed by atoms with E-state index in [9.17, 15) is 10.1 Å². The molecule has 6 nitrogen and oxygen atoms in total. The summed E-state index contributed by atoms with van der Waals surface area (Å²) in [5.41, 5.74) is 3.23. The normalized spacial score (nSPS) is 11.7. The van der Waals surface area contributed by atoms with Gasteiger partial charge in [0.1, 0.15) is 0 Å². The van der Waals surface area contributed by atoms with Gasteiger partial charge >= 0.3 is 6.09 Å². The van der Waals surface area contributed by atoms with Gasteiger partial charge in [0.2, 0.25) is 5.95 Å². The van der Waals surface area contributed by atoms with Gasteiger partial charge in [-0.1, -0.05) is 36.4 Å². The molecule has 114 valence electrons. The summed E-state index contributed by atoms with van der Waals surface area (Å²) in [5.74, 6) is -0.0573. The molecule has 0 saturated carbocycles. The van der Waals surface area contributed by atoms with E-state index >= 15 is 0 Å². The number of benzene rings is 2. The van der Waals surface area contributed by atoms with Crippen LogP contribution in [-0.2, 0) is 4.74 Å². The van der Waals surface area contributed by atoms with Crippen molar-refractivity contribution in [2.24, 2.45) is 0 Å². The number of nitriles is 1. The van der Waals surface area contributed by atoms with E-state index in [-0.39, 0.29) is 5.92 Å². The number of anilines is 1. The van der Waals surface area contributed by atoms with Crippen LogP contribution < -0.4 is 5.32 Å². The molecule has 0 aliphatic heterocycles. The van der Waals surface area contributed by atoms with E-state index in [2.05, 4.69) is 26.1 Å². The Morgan fingerprint density at radius 3 is 2.74 bits per heavy atom. The molecule has 0 saturated heterocycles. The zero-order valence-corrected chi connectivity index (χ0v) is 12.4. The van der Waals surface area contributed by atoms with Crippen molar-refractivity contribution in [3.63, 3.8) is 0 Å². The molecule has 1 heterocycles. The number of amides is 1. The van der Waals surface area contributed by atoms with Crippen molar-refractivity contribution in [3.8, 4) is 6.07 Å². The van der Waals surface area contributed by atoms with Gasteiger partial charge in [0, 0.05) is 0 Å². The second-order valence-corrected chi connectivity index (χ2v) is 4.95. The lowest BCUT2D eigenvalue weighted by Crippen LogP contribution is -2.11. The summed E-state index contributed by atoms with van der Waals surface area (Å²) >= 11 is 0. The topological polar surface area (TPSA) is 90.8 Å². The molecule has 0 bridgehead atoms. The number of carbonyl (C=O) groups excluding carboxylic acids is 1. The molecule has 6 heteroatoms. The summed E-state index contributed by atoms with van der Waals surface area (Å²) in [6.07, 6.45) is -0.594. The zero-order chi connectivity index (χ0) is 16.2. The summed E-state index contributed by atoms with van der Waals surface area (Å²) in [5, 5.41) is 12.0. The smallest absolute Gasteiger partial charge is 0.413 e. The highest BCUT2D eigenvalue weighted by Crippen LogP contribution is 2.26. The van der Waals surface area contributed by atoms with Gasteiger partial charge in [-0.25, -0.2) is 9.78 Å². The number of ether oxygens (including phenoxy) is 1. The van der Waals surface area contributed by atoms with Crippen LogP contribution in [0.1, 0.15) is 17.0 Å². The maximum Gasteiger partial charge on any atom is 0.413 e. The lowest BCUT2D eigenvalue weighted by Gasteiger charge is -2.09. The number of imidazole rings is 1. The summed E-state index contributed by atoms with van der Waals surface area (Å²) < 4.78 is 4.53. The Labute approximate surface area is 132 Å². The second kappa shape index (κ2) is 6.20. The molecular formula is C17H14N4O2. The van der Waals surface area contributed by atoms with Crippen molar-refractivity contribution in [2.75, 3.05) is 12.4 Å². The van der Waals surface area contributed by atoms with E-state index in [4.69, 9.17) is 0 Å². The van der Waals surface area contributed by atoms with Crippen LogP contribution in [0.2, 0.25) is 0 Å². The van der Waals surface area contributed by atoms with Crippen molar-refractivity contribution >= 4 is 23.1 Å². The first-order chi connectivity index (χ1) is 11.2. The van der Waals surface area contributed by atoms with Crippen LogP contribution in [0.15, 0.2) is 48.5 Å². The first-order valence-corrected chi connectivity index (χ1v) is 7.00. The minimum atomic E-state index is -0.594. The third-order valence-electron chi connectivity index (χ3n) is 3.51. The van der Waals surface area contributed by atoms with Crippen molar-refractivity contribution in [1.29, 1.82) is 5.26 Å². The SMILES string of the molecule is COC(=O)Nc1nc2ccc(C(C#N)c3ccccc3)cc2[nH]1. The lowest BCUT2D eigenvalue weighted by atomic mass is 9.92. The van der Waals surface area contributed by atoms with Crippen LogP contribution in [0, 0.1) is 11.3 Å². The number of H-pyrrole nitrogens is 1. The molecule has 1 amide bonds. The Balaban J connectivity index is 1.96. The molecule has 2 N–H and O–H groups in total. The Morgan fingerprint density at radius 2 is 2.04 bits per heavy atom. The molecule has 1 aromatic heterocycles. The quantitative estimate of drug-likeness (QED) is 0.776. The highest BCUT2D eigenvalue weighted by atomic mass is 16.5. The first kappa shape index (κ1) is 14.6. The van der Waals surface area contributed by atoms with Gasteiger partial charge in [0.05, 0.1) is 30.1 Å². The molecule has 23 heavy (non-hydrogen) atoms. The van der Waals surface area contributed by atoms with Gasteiger partial charge in [-0.3, -0.25) is 5.32 Å². The van der Waals surface area contributed by atoms with Crippen LogP contribution in [0.25, 0.3) is 11.0 Å². The van der Waals surface area contributed by atoms with Gasteiger partial charge in [0.15, 0.2) is 0 Å². The molecule has 3 rings (SSSR count). The average molecular weight is 306 g/mol. The number of aromatic nitrogens is 2. The molecule has 0 radical (unpaired) electrons. The van der Waals surface area contributed by atoms with Gasteiger partial charge in [-0.15, -0.1) is 0 Å². The van der Waals surface area contributed by atoms with Crippen molar-refractivity contribution in [3.05, 3.63) is 59.7 Å². The van der Waals surface area contributed by atoms with Gasteiger partial charge in [-0.2, -0.15) is 5.26 Å². The standard InChI is InChI=1S/C17H14N4O2/c1-23-17(22)21-16-19-14-8-7-12(9-15(14)20-16)13(10-18)11-5-3-2-4-6-11/h2-9,13H,1H3,(H2,19,20,21,22). The number of aromatic amines is 1. The molecule has 2 aromatic carbocycles. The maximum absolute atomic E-state index is 11.2. The van der Waals surface area contributed by atoms with Crippen molar-refractivity contribution in [1.82, 2.24) is 9.97 Å². The van der Waals surface area contributed by atoms with E-state index in [1.807, 2.05) is 48.5 Å². The second-order valence-electron chi connectivity index (χ2n) is 4.95. The zero-order valence-electron chi connectivity index (χ0n) is 12.4. The third kappa shape index (κ3) is 2.99. The molecule has 3 aromatic rings. The summed E-state index contributed by atoms with van der Waals surface area (Å²) in [6.45, 7) is 0. The van der Waals surface area contributed by atoms with Gasteiger partial charge in [0.25, 0.3) is 0 Å². The third-order valence-corrected chi connectivity index (χ3v) is 3.51. The van der Waals surface area contributed by atoms with E-state index in [1.54, 1.807) is 0 Å². The number of nitrogens with zero attached hydrogens (tertiary/aromatic N) is 2. The maximum atomic E-state index is 11.2. The molecule has 0 aliphatic carbocycles. The molecule has 0 aliphatic rings. The van der Waals surface area contributed by atoms with E-state index in [1.165, 1.54) is 7.11 Å². The van der Waals surface area contributed by atoms with Crippen molar-refractivity contribution in [2.45, 2.75) is 5.92 Å². The number of hydrogen-bond donors (Lipinski definition) is 2. The number of hydrogen-bond acceptors (Lipinski definition) is 4. The fourth-order valence-electron chi connectivity index (χ4n) is 2.40. The van der Waals surface area contributed by atoms with Crippen molar-refractivity contribution < 1.29 is 9.53 Å². The highest BCUT2D eigenvalue weighted by Gasteiger charge is 2.15. The Hall–Kier alpha value is -3.33. The predicted molar refractivity (Wildman–Crippen MR) is 86.0 cm³/mol. The number of methoxy groups -OCH3 is 1. The molecular weight excluding hydrogens is 292 g/mol. The highest BCUT2D eigenvalue weighted by molar-refractivity contribution is 5.86. The predicted octanol–water partition coefficient (Wildman–Crippen LogP) is 3.40.